The topological polar surface area (TPSA) is 80.2 Å². The zero-order chi connectivity index (χ0) is 18.8. The number of nitrogens with one attached hydrogen (secondary N) is 3. The molecule has 4 rings (SSSR count). The Labute approximate surface area is 159 Å². The van der Waals surface area contributed by atoms with Gasteiger partial charge in [-0.2, -0.15) is 0 Å². The molecule has 3 N–H and O–H groups in total. The quantitative estimate of drug-likeness (QED) is 0.627. The van der Waals surface area contributed by atoms with Crippen molar-refractivity contribution >= 4 is 35.2 Å². The summed E-state index contributed by atoms with van der Waals surface area (Å²) in [5.74, 6) is 1.04. The molecule has 0 atom stereocenters. The molecule has 0 spiro atoms. The molecule has 0 radical (unpaired) electrons. The van der Waals surface area contributed by atoms with Crippen LogP contribution in [0, 0.1) is 0 Å². The summed E-state index contributed by atoms with van der Waals surface area (Å²) >= 11 is 0.0550. The first kappa shape index (κ1) is 17.6. The Morgan fingerprint density at radius 3 is 2.81 bits per heavy atom. The highest BCUT2D eigenvalue weighted by molar-refractivity contribution is 7.92. The molecule has 0 aliphatic carbocycles. The first-order chi connectivity index (χ1) is 13.2. The average molecular weight is 387 g/mol. The van der Waals surface area contributed by atoms with Gasteiger partial charge >= 0.3 is 6.03 Å². The summed E-state index contributed by atoms with van der Waals surface area (Å²) in [5, 5.41) is 9.37. The van der Waals surface area contributed by atoms with Crippen LogP contribution >= 0.6 is 12.3 Å². The number of hydrogen-bond donors (Lipinski definition) is 3. The van der Waals surface area contributed by atoms with E-state index in [0.29, 0.717) is 17.2 Å². The van der Waals surface area contributed by atoms with Crippen LogP contribution in [0.1, 0.15) is 0 Å². The number of fused-ring (bicyclic) bond motifs is 1. The number of carbonyl (C=O) groups excluding carboxylic acids is 1. The molecule has 9 heteroatoms. The Hall–Kier alpha value is -2.78. The predicted molar refractivity (Wildman–Crippen MR) is 105 cm³/mol. The van der Waals surface area contributed by atoms with E-state index in [9.17, 15) is 8.68 Å². The number of methoxy groups -OCH3 is 1. The normalized spacial score (nSPS) is 14.0. The van der Waals surface area contributed by atoms with E-state index >= 15 is 0 Å². The minimum Gasteiger partial charge on any atom is -0.496 e. The molecule has 7 nitrogen and oxygen atoms in total. The number of carbonyl (C=O) groups is 1. The molecule has 1 aliphatic heterocycles. The number of hydrogen-bond acceptors (Lipinski definition) is 5. The molecule has 0 saturated carbocycles. The minimum absolute atomic E-state index is 0.0550. The van der Waals surface area contributed by atoms with Crippen molar-refractivity contribution in [3.05, 3.63) is 42.6 Å². The van der Waals surface area contributed by atoms with Crippen molar-refractivity contribution in [2.75, 3.05) is 25.5 Å². The number of amides is 2. The molecule has 140 valence electrons. The summed E-state index contributed by atoms with van der Waals surface area (Å²) in [6.07, 6.45) is 1.67. The van der Waals surface area contributed by atoms with Crippen LogP contribution < -0.4 is 20.7 Å². The largest absolute Gasteiger partial charge is 0.496 e. The third-order valence-electron chi connectivity index (χ3n) is 4.45. The lowest BCUT2D eigenvalue weighted by atomic mass is 10.0. The van der Waals surface area contributed by atoms with E-state index < -0.39 is 0 Å². The molecule has 1 saturated heterocycles. The van der Waals surface area contributed by atoms with Crippen LogP contribution in [0.2, 0.25) is 0 Å². The van der Waals surface area contributed by atoms with E-state index in [2.05, 4.69) is 20.9 Å². The molecule has 1 aliphatic rings. The van der Waals surface area contributed by atoms with Crippen LogP contribution in [0.4, 0.5) is 14.5 Å². The summed E-state index contributed by atoms with van der Waals surface area (Å²) in [6.45, 7) is 1.51. The summed E-state index contributed by atoms with van der Waals surface area (Å²) in [4.78, 5) is 16.4. The van der Waals surface area contributed by atoms with Crippen molar-refractivity contribution in [3.8, 4) is 16.9 Å². The van der Waals surface area contributed by atoms with Gasteiger partial charge in [-0.05, 0) is 18.2 Å². The second-order valence-electron chi connectivity index (χ2n) is 6.16. The summed E-state index contributed by atoms with van der Waals surface area (Å²) in [5.41, 5.74) is 2.07. The summed E-state index contributed by atoms with van der Waals surface area (Å²) in [6, 6.07) is 10.8. The number of pyridine rings is 1. The molecule has 0 bridgehead atoms. The van der Waals surface area contributed by atoms with Crippen LogP contribution in [-0.2, 0) is 0 Å². The number of para-hydroxylation sites is 1. The van der Waals surface area contributed by atoms with Crippen LogP contribution in [0.5, 0.6) is 5.75 Å². The second kappa shape index (κ2) is 7.45. The smallest absolute Gasteiger partial charge is 0.320 e. The Bertz CT molecular complexity index is 989. The maximum atomic E-state index is 13.5. The highest BCUT2D eigenvalue weighted by atomic mass is 32.2. The van der Waals surface area contributed by atoms with Crippen LogP contribution in [0.25, 0.3) is 22.2 Å². The number of aromatic nitrogens is 2. The van der Waals surface area contributed by atoms with Gasteiger partial charge in [0.2, 0.25) is 0 Å². The SMILES string of the molecule is COc1ccccc1-c1cn(SF)c2nc(NC(=O)NC3CNC3)ccc12. The number of nitrogens with zero attached hydrogens (tertiary/aromatic N) is 2. The summed E-state index contributed by atoms with van der Waals surface area (Å²) < 4.78 is 20.2. The highest BCUT2D eigenvalue weighted by Gasteiger charge is 2.20. The van der Waals surface area contributed by atoms with Crippen molar-refractivity contribution in [3.63, 3.8) is 0 Å². The van der Waals surface area contributed by atoms with E-state index in [1.165, 1.54) is 3.97 Å². The molecule has 27 heavy (non-hydrogen) atoms. The number of benzene rings is 1. The molecule has 0 unspecified atom stereocenters. The van der Waals surface area contributed by atoms with Gasteiger partial charge in [0.25, 0.3) is 0 Å². The maximum Gasteiger partial charge on any atom is 0.320 e. The van der Waals surface area contributed by atoms with Crippen molar-refractivity contribution in [2.45, 2.75) is 6.04 Å². The summed E-state index contributed by atoms with van der Waals surface area (Å²) in [7, 11) is 1.60. The van der Waals surface area contributed by atoms with Crippen LogP contribution in [-0.4, -0.2) is 41.2 Å². The fourth-order valence-electron chi connectivity index (χ4n) is 3.01. The van der Waals surface area contributed by atoms with E-state index in [0.717, 1.165) is 29.6 Å². The van der Waals surface area contributed by atoms with Gasteiger partial charge in [-0.1, -0.05) is 18.2 Å². The molecule has 1 fully saturated rings. The minimum atomic E-state index is -0.329. The van der Waals surface area contributed by atoms with Crippen molar-refractivity contribution in [1.29, 1.82) is 0 Å². The van der Waals surface area contributed by atoms with Gasteiger partial charge in [0.15, 0.2) is 18.0 Å². The molecule has 2 aromatic heterocycles. The third-order valence-corrected chi connectivity index (χ3v) is 4.88. The first-order valence-corrected chi connectivity index (χ1v) is 9.10. The maximum absolute atomic E-state index is 13.5. The number of anilines is 1. The molecule has 3 aromatic rings. The van der Waals surface area contributed by atoms with Gasteiger partial charge < -0.3 is 15.4 Å². The van der Waals surface area contributed by atoms with Crippen LogP contribution in [0.15, 0.2) is 42.6 Å². The predicted octanol–water partition coefficient (Wildman–Crippen LogP) is 3.19. The van der Waals surface area contributed by atoms with Gasteiger partial charge in [-0.15, -0.1) is 3.89 Å². The molecule has 2 amide bonds. The monoisotopic (exact) mass is 387 g/mol. The Balaban J connectivity index is 1.68. The number of rotatable bonds is 5. The van der Waals surface area contributed by atoms with Crippen molar-refractivity contribution in [2.24, 2.45) is 0 Å². The Morgan fingerprint density at radius 2 is 2.11 bits per heavy atom. The fraction of sp³-hybridized carbons (Fsp3) is 0.222. The zero-order valence-electron chi connectivity index (χ0n) is 14.5. The first-order valence-electron chi connectivity index (χ1n) is 8.42. The standard InChI is InChI=1S/C18H18FN5O2S/c1-26-15-5-3-2-4-12(15)14-10-24(27-19)17-13(14)6-7-16(22-17)23-18(25)21-11-8-20-9-11/h2-7,10-11,20H,8-9H2,1H3,(H2,21,22,23,25). The van der Waals surface area contributed by atoms with Gasteiger partial charge in [0.1, 0.15) is 11.6 Å². The van der Waals surface area contributed by atoms with Crippen molar-refractivity contribution in [1.82, 2.24) is 19.6 Å². The zero-order valence-corrected chi connectivity index (χ0v) is 15.3. The number of ether oxygens (including phenoxy) is 1. The van der Waals surface area contributed by atoms with Gasteiger partial charge in [-0.25, -0.2) is 13.8 Å². The Morgan fingerprint density at radius 1 is 1.30 bits per heavy atom. The lowest BCUT2D eigenvalue weighted by Crippen LogP contribution is -2.57. The average Bonchev–Trinajstić information content (AvgIpc) is 3.02. The second-order valence-corrected chi connectivity index (χ2v) is 6.69. The highest BCUT2D eigenvalue weighted by Crippen LogP contribution is 2.37. The van der Waals surface area contributed by atoms with Gasteiger partial charge in [0, 0.05) is 35.8 Å². The molecular weight excluding hydrogens is 369 g/mol. The number of halogens is 1. The van der Waals surface area contributed by atoms with E-state index in [1.54, 1.807) is 19.4 Å². The fourth-order valence-corrected chi connectivity index (χ4v) is 3.36. The van der Waals surface area contributed by atoms with Gasteiger partial charge in [-0.3, -0.25) is 5.32 Å². The lowest BCUT2D eigenvalue weighted by molar-refractivity contribution is 0.243. The van der Waals surface area contributed by atoms with Crippen molar-refractivity contribution < 1.29 is 13.4 Å². The Kier molecular flexibility index (Phi) is 4.87. The number of urea groups is 1. The van der Waals surface area contributed by atoms with Gasteiger partial charge in [0.05, 0.1) is 13.2 Å². The van der Waals surface area contributed by atoms with E-state index in [4.69, 9.17) is 4.74 Å². The molecule has 3 heterocycles. The third kappa shape index (κ3) is 3.43. The van der Waals surface area contributed by atoms with E-state index in [1.807, 2.05) is 30.3 Å². The molecular formula is C18H18FN5O2S. The van der Waals surface area contributed by atoms with E-state index in [-0.39, 0.29) is 24.4 Å². The molecule has 1 aromatic carbocycles. The van der Waals surface area contributed by atoms with Crippen LogP contribution in [0.3, 0.4) is 0 Å². The lowest BCUT2D eigenvalue weighted by Gasteiger charge is -2.27.